The van der Waals surface area contributed by atoms with E-state index in [1.54, 1.807) is 24.9 Å². The highest BCUT2D eigenvalue weighted by molar-refractivity contribution is 8.00. The Balaban J connectivity index is 1.39. The Morgan fingerprint density at radius 3 is 2.44 bits per heavy atom. The molecule has 0 saturated carbocycles. The van der Waals surface area contributed by atoms with Crippen LogP contribution in [0.4, 0.5) is 5.82 Å². The molecule has 174 valence electrons. The topological polar surface area (TPSA) is 93.3 Å². The van der Waals surface area contributed by atoms with Crippen LogP contribution in [-0.2, 0) is 16.1 Å². The van der Waals surface area contributed by atoms with E-state index in [0.29, 0.717) is 18.1 Å². The van der Waals surface area contributed by atoms with Crippen molar-refractivity contribution < 1.29 is 14.1 Å². The highest BCUT2D eigenvalue weighted by Crippen LogP contribution is 2.25. The van der Waals surface area contributed by atoms with Crippen molar-refractivity contribution in [2.24, 2.45) is 0 Å². The number of rotatable bonds is 9. The maximum atomic E-state index is 12.7. The highest BCUT2D eigenvalue weighted by atomic mass is 32.2. The van der Waals surface area contributed by atoms with Crippen LogP contribution in [0.5, 0.6) is 0 Å². The second-order valence-corrected chi connectivity index (χ2v) is 8.75. The zero-order chi connectivity index (χ0) is 23.9. The highest BCUT2D eigenvalue weighted by Gasteiger charge is 2.17. The summed E-state index contributed by atoms with van der Waals surface area (Å²) in [5.74, 6) is 1.02. The first-order chi connectivity index (χ1) is 16.5. The van der Waals surface area contributed by atoms with Gasteiger partial charge in [0.25, 0.3) is 0 Å². The lowest BCUT2D eigenvalue weighted by Crippen LogP contribution is -2.28. The smallest absolute Gasteiger partial charge is 0.235 e. The summed E-state index contributed by atoms with van der Waals surface area (Å²) in [6.45, 7) is 2.15. The first kappa shape index (κ1) is 23.3. The van der Waals surface area contributed by atoms with E-state index in [1.165, 1.54) is 11.8 Å². The minimum absolute atomic E-state index is 0.0680. The molecule has 4 rings (SSSR count). The Hall–Kier alpha value is -3.85. The van der Waals surface area contributed by atoms with Crippen molar-refractivity contribution in [3.8, 4) is 16.9 Å². The summed E-state index contributed by atoms with van der Waals surface area (Å²) in [5.41, 5.74) is 3.71. The summed E-state index contributed by atoms with van der Waals surface area (Å²) < 4.78 is 6.76. The van der Waals surface area contributed by atoms with Gasteiger partial charge >= 0.3 is 0 Å². The van der Waals surface area contributed by atoms with Crippen molar-refractivity contribution in [3.63, 3.8) is 0 Å². The van der Waals surface area contributed by atoms with Crippen molar-refractivity contribution in [2.45, 2.75) is 13.5 Å². The van der Waals surface area contributed by atoms with Crippen LogP contribution in [0.1, 0.15) is 11.3 Å². The summed E-state index contributed by atoms with van der Waals surface area (Å²) in [6, 6.07) is 21.4. The summed E-state index contributed by atoms with van der Waals surface area (Å²) in [5, 5.41) is 11.2. The van der Waals surface area contributed by atoms with E-state index in [-0.39, 0.29) is 23.3 Å². The third kappa shape index (κ3) is 5.93. The second-order valence-electron chi connectivity index (χ2n) is 7.76. The number of thioether (sulfide) groups is 1. The Morgan fingerprint density at radius 2 is 1.76 bits per heavy atom. The third-order valence-corrected chi connectivity index (χ3v) is 5.96. The van der Waals surface area contributed by atoms with Gasteiger partial charge in [0.05, 0.1) is 22.9 Å². The number of aromatic nitrogens is 3. The lowest BCUT2D eigenvalue weighted by molar-refractivity contribution is -0.127. The molecule has 0 unspecified atom stereocenters. The SMILES string of the molecule is Cc1cc(NC(=O)CSCC(=O)N(C)Cc2cn(-c3ccccc3)nc2-c2ccccc2)no1. The Kier molecular flexibility index (Phi) is 7.44. The number of anilines is 1. The van der Waals surface area contributed by atoms with E-state index >= 15 is 0 Å². The van der Waals surface area contributed by atoms with E-state index in [9.17, 15) is 9.59 Å². The van der Waals surface area contributed by atoms with Gasteiger partial charge in [0.2, 0.25) is 11.8 Å². The van der Waals surface area contributed by atoms with Gasteiger partial charge in [-0.25, -0.2) is 4.68 Å². The molecule has 0 saturated heterocycles. The molecular formula is C25H25N5O3S. The van der Waals surface area contributed by atoms with Crippen LogP contribution in [0.15, 0.2) is 77.4 Å². The standard InChI is InChI=1S/C25H25N5O3S/c1-18-13-22(28-33-18)26-23(31)16-34-17-24(32)29(2)14-20-15-30(21-11-7-4-8-12-21)27-25(20)19-9-5-3-6-10-19/h3-13,15H,14,16-17H2,1-2H3,(H,26,28,31). The van der Waals surface area contributed by atoms with Gasteiger partial charge in [-0.2, -0.15) is 5.10 Å². The zero-order valence-corrected chi connectivity index (χ0v) is 19.8. The lowest BCUT2D eigenvalue weighted by Gasteiger charge is -2.17. The molecule has 2 aromatic carbocycles. The molecule has 0 atom stereocenters. The van der Waals surface area contributed by atoms with Crippen molar-refractivity contribution >= 4 is 29.4 Å². The van der Waals surface area contributed by atoms with Crippen molar-refractivity contribution in [3.05, 3.63) is 84.3 Å². The zero-order valence-electron chi connectivity index (χ0n) is 19.0. The van der Waals surface area contributed by atoms with Gasteiger partial charge in [0.1, 0.15) is 5.76 Å². The average molecular weight is 476 g/mol. The number of aryl methyl sites for hydroxylation is 1. The molecule has 0 radical (unpaired) electrons. The molecule has 0 spiro atoms. The third-order valence-electron chi connectivity index (χ3n) is 5.05. The fraction of sp³-hybridized carbons (Fsp3) is 0.200. The molecule has 4 aromatic rings. The van der Waals surface area contributed by atoms with Gasteiger partial charge in [-0.3, -0.25) is 9.59 Å². The van der Waals surface area contributed by atoms with Crippen molar-refractivity contribution in [2.75, 3.05) is 23.9 Å². The van der Waals surface area contributed by atoms with Crippen LogP contribution in [0.25, 0.3) is 16.9 Å². The molecular weight excluding hydrogens is 450 g/mol. The fourth-order valence-corrected chi connectivity index (χ4v) is 4.12. The Morgan fingerprint density at radius 1 is 1.06 bits per heavy atom. The molecule has 8 nitrogen and oxygen atoms in total. The first-order valence-electron chi connectivity index (χ1n) is 10.7. The van der Waals surface area contributed by atoms with Crippen LogP contribution >= 0.6 is 11.8 Å². The molecule has 2 amide bonds. The molecule has 34 heavy (non-hydrogen) atoms. The summed E-state index contributed by atoms with van der Waals surface area (Å²) in [7, 11) is 1.76. The van der Waals surface area contributed by atoms with Crippen LogP contribution in [-0.4, -0.2) is 50.2 Å². The normalized spacial score (nSPS) is 10.8. The van der Waals surface area contributed by atoms with Crippen molar-refractivity contribution in [1.29, 1.82) is 0 Å². The molecule has 9 heteroatoms. The number of amides is 2. The predicted molar refractivity (Wildman–Crippen MR) is 133 cm³/mol. The Bertz CT molecular complexity index is 1250. The maximum Gasteiger partial charge on any atom is 0.235 e. The summed E-state index contributed by atoms with van der Waals surface area (Å²) in [4.78, 5) is 26.4. The minimum atomic E-state index is -0.232. The van der Waals surface area contributed by atoms with Gasteiger partial charge < -0.3 is 14.7 Å². The van der Waals surface area contributed by atoms with Crippen LogP contribution in [0.3, 0.4) is 0 Å². The summed E-state index contributed by atoms with van der Waals surface area (Å²) >= 11 is 1.25. The van der Waals surface area contributed by atoms with Gasteiger partial charge in [-0.05, 0) is 19.1 Å². The van der Waals surface area contributed by atoms with E-state index in [4.69, 9.17) is 9.62 Å². The van der Waals surface area contributed by atoms with E-state index in [0.717, 1.165) is 22.5 Å². The summed E-state index contributed by atoms with van der Waals surface area (Å²) in [6.07, 6.45) is 1.96. The molecule has 0 aliphatic rings. The van der Waals surface area contributed by atoms with Crippen molar-refractivity contribution in [1.82, 2.24) is 19.8 Å². The Labute approximate surface area is 201 Å². The van der Waals surface area contributed by atoms with Crippen LogP contribution in [0, 0.1) is 6.92 Å². The number of carbonyl (C=O) groups excluding carboxylic acids is 2. The average Bonchev–Trinajstić information content (AvgIpc) is 3.46. The number of nitrogens with zero attached hydrogens (tertiary/aromatic N) is 4. The van der Waals surface area contributed by atoms with Gasteiger partial charge in [-0.15, -0.1) is 11.8 Å². The number of carbonyl (C=O) groups is 2. The predicted octanol–water partition coefficient (Wildman–Crippen LogP) is 4.17. The van der Waals surface area contributed by atoms with Gasteiger partial charge in [-0.1, -0.05) is 53.7 Å². The van der Waals surface area contributed by atoms with Crippen LogP contribution < -0.4 is 5.32 Å². The maximum absolute atomic E-state index is 12.7. The molecule has 1 N–H and O–H groups in total. The monoisotopic (exact) mass is 475 g/mol. The molecule has 0 bridgehead atoms. The van der Waals surface area contributed by atoms with E-state index in [2.05, 4.69) is 10.5 Å². The fourth-order valence-electron chi connectivity index (χ4n) is 3.37. The van der Waals surface area contributed by atoms with Crippen LogP contribution in [0.2, 0.25) is 0 Å². The molecule has 2 aromatic heterocycles. The first-order valence-corrected chi connectivity index (χ1v) is 11.9. The van der Waals surface area contributed by atoms with Gasteiger partial charge in [0.15, 0.2) is 5.82 Å². The number of nitrogens with one attached hydrogen (secondary N) is 1. The number of benzene rings is 2. The van der Waals surface area contributed by atoms with Gasteiger partial charge in [0, 0.05) is 37.0 Å². The number of hydrogen-bond acceptors (Lipinski definition) is 6. The minimum Gasteiger partial charge on any atom is -0.360 e. The molecule has 0 aliphatic heterocycles. The lowest BCUT2D eigenvalue weighted by atomic mass is 10.1. The number of para-hydroxylation sites is 1. The molecule has 0 fully saturated rings. The molecule has 0 aliphatic carbocycles. The quantitative estimate of drug-likeness (QED) is 0.391. The second kappa shape index (κ2) is 10.8. The van der Waals surface area contributed by atoms with E-state index in [1.807, 2.05) is 71.5 Å². The largest absolute Gasteiger partial charge is 0.360 e. The number of hydrogen-bond donors (Lipinski definition) is 1. The molecule has 2 heterocycles. The van der Waals surface area contributed by atoms with E-state index < -0.39 is 0 Å².